The minimum atomic E-state index is -0.0595. The van der Waals surface area contributed by atoms with Crippen LogP contribution in [-0.4, -0.2) is 9.78 Å². The third-order valence-corrected chi connectivity index (χ3v) is 3.95. The molecule has 2 N–H and O–H groups in total. The van der Waals surface area contributed by atoms with Gasteiger partial charge < -0.3 is 5.73 Å². The average molecular weight is 329 g/mol. The highest BCUT2D eigenvalue weighted by molar-refractivity contribution is 9.10. The van der Waals surface area contributed by atoms with Gasteiger partial charge in [0.25, 0.3) is 0 Å². The van der Waals surface area contributed by atoms with Gasteiger partial charge in [0.15, 0.2) is 0 Å². The van der Waals surface area contributed by atoms with Crippen LogP contribution in [0, 0.1) is 13.8 Å². The number of halogens is 2. The second-order valence-corrected chi connectivity index (χ2v) is 5.68. The molecule has 1 heterocycles. The molecule has 0 aliphatic rings. The molecule has 0 fully saturated rings. The number of hydrogen-bond acceptors (Lipinski definition) is 2. The molecule has 1 aromatic carbocycles. The molecule has 0 saturated carbocycles. The summed E-state index contributed by atoms with van der Waals surface area (Å²) in [5.74, 6) is 0. The fourth-order valence-electron chi connectivity index (χ4n) is 1.94. The summed E-state index contributed by atoms with van der Waals surface area (Å²) in [4.78, 5) is 0. The fraction of sp³-hybridized carbons (Fsp3) is 0.308. The van der Waals surface area contributed by atoms with Crippen LogP contribution in [0.5, 0.6) is 0 Å². The normalized spacial score (nSPS) is 12.8. The topological polar surface area (TPSA) is 43.8 Å². The van der Waals surface area contributed by atoms with Crippen LogP contribution in [0.15, 0.2) is 22.7 Å². The molecule has 0 bridgehead atoms. The van der Waals surface area contributed by atoms with Crippen LogP contribution in [-0.2, 0) is 0 Å². The summed E-state index contributed by atoms with van der Waals surface area (Å²) in [6.07, 6.45) is 0. The predicted molar refractivity (Wildman–Crippen MR) is 78.4 cm³/mol. The molecule has 2 aromatic rings. The smallest absolute Gasteiger partial charge is 0.0848 e. The molecule has 96 valence electrons. The zero-order valence-corrected chi connectivity index (χ0v) is 12.9. The quantitative estimate of drug-likeness (QED) is 0.908. The van der Waals surface area contributed by atoms with Gasteiger partial charge in [0, 0.05) is 10.5 Å². The maximum absolute atomic E-state index is 6.19. The first-order valence-corrected chi connectivity index (χ1v) is 6.86. The Kier molecular flexibility index (Phi) is 3.80. The number of benzene rings is 1. The van der Waals surface area contributed by atoms with Gasteiger partial charge in [-0.15, -0.1) is 0 Å². The maximum Gasteiger partial charge on any atom is 0.0848 e. The number of aryl methyl sites for hydroxylation is 1. The number of hydrogen-bond donors (Lipinski definition) is 1. The molecule has 18 heavy (non-hydrogen) atoms. The van der Waals surface area contributed by atoms with Crippen LogP contribution in [0.3, 0.4) is 0 Å². The van der Waals surface area contributed by atoms with E-state index in [0.29, 0.717) is 5.02 Å². The van der Waals surface area contributed by atoms with E-state index < -0.39 is 0 Å². The Morgan fingerprint density at radius 2 is 2.06 bits per heavy atom. The summed E-state index contributed by atoms with van der Waals surface area (Å²) in [6, 6.07) is 5.94. The molecule has 0 saturated heterocycles. The maximum atomic E-state index is 6.19. The van der Waals surface area contributed by atoms with E-state index in [-0.39, 0.29) is 6.04 Å². The zero-order chi connectivity index (χ0) is 13.4. The highest BCUT2D eigenvalue weighted by atomic mass is 79.9. The van der Waals surface area contributed by atoms with Crippen molar-refractivity contribution in [3.05, 3.63) is 44.6 Å². The standard InChI is InChI=1S/C13H15BrClN3/c1-7(16)11-5-4-10(14)6-12(11)18-9(3)13(15)8(2)17-18/h4-7H,16H2,1-3H3. The molecule has 0 radical (unpaired) electrons. The van der Waals surface area contributed by atoms with E-state index in [1.807, 2.05) is 43.7 Å². The van der Waals surface area contributed by atoms with Gasteiger partial charge in [-0.3, -0.25) is 0 Å². The van der Waals surface area contributed by atoms with Gasteiger partial charge >= 0.3 is 0 Å². The van der Waals surface area contributed by atoms with Crippen LogP contribution >= 0.6 is 27.5 Å². The van der Waals surface area contributed by atoms with Crippen LogP contribution in [0.4, 0.5) is 0 Å². The molecule has 0 aliphatic carbocycles. The molecule has 5 heteroatoms. The van der Waals surface area contributed by atoms with Crippen molar-refractivity contribution in [1.82, 2.24) is 9.78 Å². The van der Waals surface area contributed by atoms with Crippen molar-refractivity contribution < 1.29 is 0 Å². The van der Waals surface area contributed by atoms with Crippen molar-refractivity contribution in [3.8, 4) is 5.69 Å². The average Bonchev–Trinajstić information content (AvgIpc) is 2.56. The van der Waals surface area contributed by atoms with Gasteiger partial charge in [0.05, 0.1) is 22.1 Å². The minimum absolute atomic E-state index is 0.0595. The Morgan fingerprint density at radius 1 is 1.39 bits per heavy atom. The van der Waals surface area contributed by atoms with E-state index in [0.717, 1.165) is 27.1 Å². The highest BCUT2D eigenvalue weighted by Gasteiger charge is 2.15. The number of rotatable bonds is 2. The van der Waals surface area contributed by atoms with E-state index in [9.17, 15) is 0 Å². The Labute approximate surface area is 120 Å². The molecule has 1 unspecified atom stereocenters. The second kappa shape index (κ2) is 5.03. The summed E-state index contributed by atoms with van der Waals surface area (Å²) in [5, 5.41) is 5.17. The summed E-state index contributed by atoms with van der Waals surface area (Å²) in [7, 11) is 0. The lowest BCUT2D eigenvalue weighted by Gasteiger charge is -2.14. The molecule has 1 aromatic heterocycles. The van der Waals surface area contributed by atoms with Crippen molar-refractivity contribution in [2.45, 2.75) is 26.8 Å². The first-order chi connectivity index (χ1) is 8.41. The number of aromatic nitrogens is 2. The number of nitrogens with zero attached hydrogens (tertiary/aromatic N) is 2. The second-order valence-electron chi connectivity index (χ2n) is 4.39. The Morgan fingerprint density at radius 3 is 2.56 bits per heavy atom. The number of nitrogens with two attached hydrogens (primary N) is 1. The van der Waals surface area contributed by atoms with Crippen LogP contribution in [0.25, 0.3) is 5.69 Å². The van der Waals surface area contributed by atoms with Gasteiger partial charge in [-0.05, 0) is 38.5 Å². The SMILES string of the molecule is Cc1nn(-c2cc(Br)ccc2C(C)N)c(C)c1Cl. The molecular weight excluding hydrogens is 314 g/mol. The van der Waals surface area contributed by atoms with Crippen LogP contribution in [0.1, 0.15) is 29.9 Å². The third kappa shape index (κ3) is 2.32. The first kappa shape index (κ1) is 13.6. The van der Waals surface area contributed by atoms with E-state index in [1.165, 1.54) is 0 Å². The Balaban J connectivity index is 2.69. The first-order valence-electron chi connectivity index (χ1n) is 5.69. The predicted octanol–water partition coefficient (Wildman–Crippen LogP) is 3.92. The van der Waals surface area contributed by atoms with E-state index in [1.54, 1.807) is 0 Å². The Bertz CT molecular complexity index is 590. The molecule has 0 amide bonds. The van der Waals surface area contributed by atoms with E-state index in [4.69, 9.17) is 17.3 Å². The minimum Gasteiger partial charge on any atom is -0.324 e. The molecule has 1 atom stereocenters. The molecule has 2 rings (SSSR count). The summed E-state index contributed by atoms with van der Waals surface area (Å²) in [5.41, 5.74) is 9.76. The molecule has 0 aliphatic heterocycles. The van der Waals surface area contributed by atoms with E-state index >= 15 is 0 Å². The monoisotopic (exact) mass is 327 g/mol. The summed E-state index contributed by atoms with van der Waals surface area (Å²) >= 11 is 9.67. The van der Waals surface area contributed by atoms with Gasteiger partial charge in [-0.1, -0.05) is 33.6 Å². The van der Waals surface area contributed by atoms with Crippen LogP contribution < -0.4 is 5.73 Å². The van der Waals surface area contributed by atoms with Crippen molar-refractivity contribution in [1.29, 1.82) is 0 Å². The molecular formula is C13H15BrClN3. The van der Waals surface area contributed by atoms with Crippen molar-refractivity contribution in [3.63, 3.8) is 0 Å². The lowest BCUT2D eigenvalue weighted by Crippen LogP contribution is -2.11. The van der Waals surface area contributed by atoms with E-state index in [2.05, 4.69) is 21.0 Å². The zero-order valence-electron chi connectivity index (χ0n) is 10.5. The largest absolute Gasteiger partial charge is 0.324 e. The lowest BCUT2D eigenvalue weighted by atomic mass is 10.1. The van der Waals surface area contributed by atoms with Crippen molar-refractivity contribution >= 4 is 27.5 Å². The fourth-order valence-corrected chi connectivity index (χ4v) is 2.41. The van der Waals surface area contributed by atoms with Gasteiger partial charge in [0.2, 0.25) is 0 Å². The molecule has 3 nitrogen and oxygen atoms in total. The van der Waals surface area contributed by atoms with Gasteiger partial charge in [-0.25, -0.2) is 4.68 Å². The lowest BCUT2D eigenvalue weighted by molar-refractivity contribution is 0.766. The molecule has 0 spiro atoms. The summed E-state index contributed by atoms with van der Waals surface area (Å²) in [6.45, 7) is 5.81. The van der Waals surface area contributed by atoms with Gasteiger partial charge in [0.1, 0.15) is 0 Å². The highest BCUT2D eigenvalue weighted by Crippen LogP contribution is 2.28. The van der Waals surface area contributed by atoms with Gasteiger partial charge in [-0.2, -0.15) is 5.10 Å². The van der Waals surface area contributed by atoms with Crippen molar-refractivity contribution in [2.75, 3.05) is 0 Å². The Hall–Kier alpha value is -0.840. The van der Waals surface area contributed by atoms with Crippen molar-refractivity contribution in [2.24, 2.45) is 5.73 Å². The third-order valence-electron chi connectivity index (χ3n) is 2.91. The van der Waals surface area contributed by atoms with Crippen LogP contribution in [0.2, 0.25) is 5.02 Å². The summed E-state index contributed by atoms with van der Waals surface area (Å²) < 4.78 is 2.84.